The van der Waals surface area contributed by atoms with E-state index in [2.05, 4.69) is 5.32 Å². The summed E-state index contributed by atoms with van der Waals surface area (Å²) in [6.45, 7) is -0.141. The fourth-order valence-electron chi connectivity index (χ4n) is 1.61. The number of halogens is 2. The predicted octanol–water partition coefficient (Wildman–Crippen LogP) is 3.74. The molecule has 0 fully saturated rings. The molecule has 1 amide bonds. The second-order valence-electron chi connectivity index (χ2n) is 3.90. The molecular formula is C14H11Cl2NO2. The third-order valence-corrected chi connectivity index (χ3v) is 3.36. The molecule has 2 rings (SSSR count). The minimum Gasteiger partial charge on any atom is -0.392 e. The number of para-hydroxylation sites is 1. The first kappa shape index (κ1) is 13.9. The molecule has 0 unspecified atom stereocenters. The van der Waals surface area contributed by atoms with Gasteiger partial charge in [0, 0.05) is 16.8 Å². The van der Waals surface area contributed by atoms with E-state index in [4.69, 9.17) is 23.2 Å². The van der Waals surface area contributed by atoms with Gasteiger partial charge < -0.3 is 10.4 Å². The monoisotopic (exact) mass is 295 g/mol. The molecule has 2 aromatic carbocycles. The van der Waals surface area contributed by atoms with Gasteiger partial charge in [0.15, 0.2) is 0 Å². The topological polar surface area (TPSA) is 49.3 Å². The third-order valence-electron chi connectivity index (χ3n) is 2.62. The summed E-state index contributed by atoms with van der Waals surface area (Å²) in [5.74, 6) is -0.306. The zero-order chi connectivity index (χ0) is 13.8. The van der Waals surface area contributed by atoms with Crippen molar-refractivity contribution in [2.75, 3.05) is 5.32 Å². The summed E-state index contributed by atoms with van der Waals surface area (Å²) >= 11 is 11.7. The van der Waals surface area contributed by atoms with Gasteiger partial charge >= 0.3 is 0 Å². The Labute approximate surface area is 120 Å². The number of amides is 1. The van der Waals surface area contributed by atoms with Crippen LogP contribution in [0.2, 0.25) is 10.0 Å². The Morgan fingerprint density at radius 2 is 1.84 bits per heavy atom. The third kappa shape index (κ3) is 3.26. The van der Waals surface area contributed by atoms with Crippen molar-refractivity contribution in [3.05, 3.63) is 63.6 Å². The number of aliphatic hydroxyl groups excluding tert-OH is 1. The van der Waals surface area contributed by atoms with Gasteiger partial charge in [0.2, 0.25) is 0 Å². The number of carbonyl (C=O) groups is 1. The highest BCUT2D eigenvalue weighted by Gasteiger charge is 2.10. The van der Waals surface area contributed by atoms with E-state index >= 15 is 0 Å². The first-order valence-electron chi connectivity index (χ1n) is 5.57. The van der Waals surface area contributed by atoms with Crippen molar-refractivity contribution in [1.29, 1.82) is 0 Å². The summed E-state index contributed by atoms with van der Waals surface area (Å²) in [6, 6.07) is 11.7. The van der Waals surface area contributed by atoms with E-state index in [1.807, 2.05) is 0 Å². The first-order valence-corrected chi connectivity index (χ1v) is 6.32. The van der Waals surface area contributed by atoms with Crippen LogP contribution in [0.4, 0.5) is 5.69 Å². The number of hydrogen-bond donors (Lipinski definition) is 2. The zero-order valence-electron chi connectivity index (χ0n) is 9.86. The molecule has 0 saturated carbocycles. The van der Waals surface area contributed by atoms with Crippen LogP contribution in [0.15, 0.2) is 42.5 Å². The van der Waals surface area contributed by atoms with Gasteiger partial charge in [-0.15, -0.1) is 0 Å². The Morgan fingerprint density at radius 1 is 1.11 bits per heavy atom. The molecule has 5 heteroatoms. The number of aliphatic hydroxyl groups is 1. The molecule has 0 bridgehead atoms. The van der Waals surface area contributed by atoms with E-state index in [1.54, 1.807) is 36.4 Å². The number of hydrogen-bond acceptors (Lipinski definition) is 2. The average Bonchev–Trinajstić information content (AvgIpc) is 2.42. The maximum atomic E-state index is 12.1. The Kier molecular flexibility index (Phi) is 4.43. The van der Waals surface area contributed by atoms with Crippen LogP contribution in [0.5, 0.6) is 0 Å². The highest BCUT2D eigenvalue weighted by atomic mass is 35.5. The lowest BCUT2D eigenvalue weighted by Crippen LogP contribution is -2.13. The maximum Gasteiger partial charge on any atom is 0.255 e. The van der Waals surface area contributed by atoms with Crippen LogP contribution >= 0.6 is 23.2 Å². The van der Waals surface area contributed by atoms with Crippen molar-refractivity contribution < 1.29 is 9.90 Å². The molecule has 19 heavy (non-hydrogen) atoms. The van der Waals surface area contributed by atoms with Crippen LogP contribution in [-0.2, 0) is 6.61 Å². The summed E-state index contributed by atoms with van der Waals surface area (Å²) < 4.78 is 0. The Hall–Kier alpha value is -1.55. The second kappa shape index (κ2) is 6.06. The largest absolute Gasteiger partial charge is 0.392 e. The van der Waals surface area contributed by atoms with Crippen molar-refractivity contribution in [3.63, 3.8) is 0 Å². The molecule has 0 radical (unpaired) electrons. The summed E-state index contributed by atoms with van der Waals surface area (Å²) in [7, 11) is 0. The summed E-state index contributed by atoms with van der Waals surface area (Å²) in [5.41, 5.74) is 1.62. The lowest BCUT2D eigenvalue weighted by molar-refractivity contribution is 0.102. The van der Waals surface area contributed by atoms with Gasteiger partial charge in [-0.2, -0.15) is 0 Å². The van der Waals surface area contributed by atoms with Gasteiger partial charge in [0.1, 0.15) is 0 Å². The minimum absolute atomic E-state index is 0.141. The molecule has 0 saturated heterocycles. The van der Waals surface area contributed by atoms with Gasteiger partial charge in [-0.1, -0.05) is 41.4 Å². The van der Waals surface area contributed by atoms with Gasteiger partial charge in [0.25, 0.3) is 5.91 Å². The van der Waals surface area contributed by atoms with Crippen molar-refractivity contribution >= 4 is 34.8 Å². The molecule has 0 aliphatic carbocycles. The number of carbonyl (C=O) groups excluding carboxylic acids is 1. The van der Waals surface area contributed by atoms with Crippen molar-refractivity contribution in [2.24, 2.45) is 0 Å². The quantitative estimate of drug-likeness (QED) is 0.906. The van der Waals surface area contributed by atoms with E-state index in [9.17, 15) is 9.90 Å². The molecule has 0 heterocycles. The van der Waals surface area contributed by atoms with Gasteiger partial charge in [-0.25, -0.2) is 0 Å². The summed E-state index contributed by atoms with van der Waals surface area (Å²) in [6.07, 6.45) is 0. The van der Waals surface area contributed by atoms with Gasteiger partial charge in [-0.05, 0) is 24.3 Å². The van der Waals surface area contributed by atoms with E-state index < -0.39 is 0 Å². The van der Waals surface area contributed by atoms with Gasteiger partial charge in [-0.3, -0.25) is 4.79 Å². The highest BCUT2D eigenvalue weighted by molar-refractivity contribution is 6.42. The van der Waals surface area contributed by atoms with Crippen LogP contribution < -0.4 is 5.32 Å². The number of benzene rings is 2. The molecule has 0 atom stereocenters. The van der Waals surface area contributed by atoms with Gasteiger partial charge in [0.05, 0.1) is 16.7 Å². The normalized spacial score (nSPS) is 10.3. The van der Waals surface area contributed by atoms with Crippen molar-refractivity contribution in [3.8, 4) is 0 Å². The van der Waals surface area contributed by atoms with E-state index in [-0.39, 0.29) is 12.5 Å². The zero-order valence-corrected chi connectivity index (χ0v) is 11.4. The van der Waals surface area contributed by atoms with Crippen LogP contribution in [0.25, 0.3) is 0 Å². The molecule has 2 aromatic rings. The average molecular weight is 296 g/mol. The SMILES string of the molecule is O=C(Nc1ccccc1CO)c1ccc(Cl)c(Cl)c1. The lowest BCUT2D eigenvalue weighted by atomic mass is 10.1. The molecule has 0 spiro atoms. The predicted molar refractivity (Wildman–Crippen MR) is 76.8 cm³/mol. The van der Waals surface area contributed by atoms with Crippen molar-refractivity contribution in [1.82, 2.24) is 0 Å². The highest BCUT2D eigenvalue weighted by Crippen LogP contribution is 2.23. The smallest absolute Gasteiger partial charge is 0.255 e. The van der Waals surface area contributed by atoms with Crippen LogP contribution in [0.3, 0.4) is 0 Å². The number of rotatable bonds is 3. The second-order valence-corrected chi connectivity index (χ2v) is 4.71. The standard InChI is InChI=1S/C14H11Cl2NO2/c15-11-6-5-9(7-12(11)16)14(19)17-13-4-2-1-3-10(13)8-18/h1-7,18H,8H2,(H,17,19). The summed E-state index contributed by atoms with van der Waals surface area (Å²) in [5, 5.41) is 12.6. The molecule has 0 aromatic heterocycles. The van der Waals surface area contributed by atoms with Crippen LogP contribution in [0, 0.1) is 0 Å². The molecule has 0 aliphatic rings. The van der Waals surface area contributed by atoms with E-state index in [0.717, 1.165) is 0 Å². The Morgan fingerprint density at radius 3 is 2.53 bits per heavy atom. The fraction of sp³-hybridized carbons (Fsp3) is 0.0714. The molecule has 3 nitrogen and oxygen atoms in total. The first-order chi connectivity index (χ1) is 9.11. The molecule has 98 valence electrons. The van der Waals surface area contributed by atoms with E-state index in [0.29, 0.717) is 26.9 Å². The Balaban J connectivity index is 2.23. The number of nitrogens with one attached hydrogen (secondary N) is 1. The minimum atomic E-state index is -0.306. The lowest BCUT2D eigenvalue weighted by Gasteiger charge is -2.09. The van der Waals surface area contributed by atoms with Crippen LogP contribution in [-0.4, -0.2) is 11.0 Å². The molecular weight excluding hydrogens is 285 g/mol. The van der Waals surface area contributed by atoms with Crippen LogP contribution in [0.1, 0.15) is 15.9 Å². The van der Waals surface area contributed by atoms with E-state index in [1.165, 1.54) is 6.07 Å². The maximum absolute atomic E-state index is 12.1. The van der Waals surface area contributed by atoms with Crippen molar-refractivity contribution in [2.45, 2.75) is 6.61 Å². The molecule has 2 N–H and O–H groups in total. The number of anilines is 1. The summed E-state index contributed by atoms with van der Waals surface area (Å²) in [4.78, 5) is 12.1. The Bertz CT molecular complexity index is 614. The molecule has 0 aliphatic heterocycles. The fourth-order valence-corrected chi connectivity index (χ4v) is 1.91.